The molecule has 1 aromatic heterocycles. The standard InChI is InChI=1S/C12H12BrN3O2S/c1-7-3-4-9(13)10(5-7)16-8(2)14-15-12(16)19-6-11(17)18/h3-5H,6H2,1-2H3,(H,17,18). The van der Waals surface area contributed by atoms with Gasteiger partial charge in [0.05, 0.1) is 11.4 Å². The van der Waals surface area contributed by atoms with Crippen molar-refractivity contribution < 1.29 is 9.90 Å². The summed E-state index contributed by atoms with van der Waals surface area (Å²) in [6, 6.07) is 5.96. The SMILES string of the molecule is Cc1ccc(Br)c(-n2c(C)nnc2SCC(=O)O)c1. The third kappa shape index (κ3) is 3.16. The maximum absolute atomic E-state index is 10.7. The molecule has 0 amide bonds. The molecule has 7 heteroatoms. The van der Waals surface area contributed by atoms with Crippen LogP contribution in [0, 0.1) is 13.8 Å². The number of aromatic nitrogens is 3. The summed E-state index contributed by atoms with van der Waals surface area (Å²) in [4.78, 5) is 10.7. The highest BCUT2D eigenvalue weighted by Crippen LogP contribution is 2.28. The summed E-state index contributed by atoms with van der Waals surface area (Å²) >= 11 is 4.65. The van der Waals surface area contributed by atoms with Gasteiger partial charge in [-0.25, -0.2) is 0 Å². The van der Waals surface area contributed by atoms with E-state index in [2.05, 4.69) is 26.1 Å². The summed E-state index contributed by atoms with van der Waals surface area (Å²) in [5.74, 6) is -0.193. The predicted octanol–water partition coefficient (Wildman–Crippen LogP) is 2.82. The zero-order valence-electron chi connectivity index (χ0n) is 10.4. The Balaban J connectivity index is 2.46. The second-order valence-corrected chi connectivity index (χ2v) is 5.80. The second kappa shape index (κ2) is 5.75. The average molecular weight is 342 g/mol. The summed E-state index contributed by atoms with van der Waals surface area (Å²) in [7, 11) is 0. The van der Waals surface area contributed by atoms with Gasteiger partial charge >= 0.3 is 5.97 Å². The Hall–Kier alpha value is -1.34. The fourth-order valence-electron chi connectivity index (χ4n) is 1.63. The van der Waals surface area contributed by atoms with Crippen LogP contribution in [-0.2, 0) is 4.79 Å². The van der Waals surface area contributed by atoms with Crippen molar-refractivity contribution in [1.82, 2.24) is 14.8 Å². The van der Waals surface area contributed by atoms with Gasteiger partial charge in [0.1, 0.15) is 5.82 Å². The fraction of sp³-hybridized carbons (Fsp3) is 0.250. The van der Waals surface area contributed by atoms with Crippen molar-refractivity contribution in [3.05, 3.63) is 34.1 Å². The molecule has 1 aromatic carbocycles. The van der Waals surface area contributed by atoms with Gasteiger partial charge in [0, 0.05) is 4.47 Å². The van der Waals surface area contributed by atoms with Crippen molar-refractivity contribution in [3.63, 3.8) is 0 Å². The number of aryl methyl sites for hydroxylation is 2. The topological polar surface area (TPSA) is 68.0 Å². The van der Waals surface area contributed by atoms with Gasteiger partial charge in [-0.15, -0.1) is 10.2 Å². The molecule has 2 aromatic rings. The molecule has 0 radical (unpaired) electrons. The molecule has 0 atom stereocenters. The normalized spacial score (nSPS) is 10.7. The van der Waals surface area contributed by atoms with E-state index in [1.807, 2.05) is 36.6 Å². The lowest BCUT2D eigenvalue weighted by molar-refractivity contribution is -0.133. The van der Waals surface area contributed by atoms with E-state index in [0.29, 0.717) is 5.16 Å². The van der Waals surface area contributed by atoms with E-state index in [1.165, 1.54) is 0 Å². The average Bonchev–Trinajstić information content (AvgIpc) is 2.71. The summed E-state index contributed by atoms with van der Waals surface area (Å²) in [6.45, 7) is 3.84. The van der Waals surface area contributed by atoms with Gasteiger partial charge in [0.15, 0.2) is 5.16 Å². The van der Waals surface area contributed by atoms with Crippen LogP contribution in [0.15, 0.2) is 27.8 Å². The lowest BCUT2D eigenvalue weighted by atomic mass is 10.2. The fourth-order valence-corrected chi connectivity index (χ4v) is 2.77. The Morgan fingerprint density at radius 2 is 2.16 bits per heavy atom. The first-order chi connectivity index (χ1) is 8.99. The summed E-state index contributed by atoms with van der Waals surface area (Å²) in [5, 5.41) is 17.4. The first kappa shape index (κ1) is 14.1. The largest absolute Gasteiger partial charge is 0.481 e. The minimum Gasteiger partial charge on any atom is -0.481 e. The number of carboxylic acids is 1. The number of rotatable bonds is 4. The van der Waals surface area contributed by atoms with Crippen molar-refractivity contribution in [2.45, 2.75) is 19.0 Å². The number of hydrogen-bond acceptors (Lipinski definition) is 4. The third-order valence-corrected chi connectivity index (χ3v) is 4.05. The third-order valence-electron chi connectivity index (χ3n) is 2.46. The summed E-state index contributed by atoms with van der Waals surface area (Å²) in [6.07, 6.45) is 0. The molecule has 1 heterocycles. The van der Waals surface area contributed by atoms with Crippen LogP contribution in [0.25, 0.3) is 5.69 Å². The molecule has 1 N–H and O–H groups in total. The molecule has 19 heavy (non-hydrogen) atoms. The molecule has 0 aliphatic carbocycles. The first-order valence-corrected chi connectivity index (χ1v) is 7.30. The molecule has 100 valence electrons. The van der Waals surface area contributed by atoms with E-state index < -0.39 is 5.97 Å². The Kier molecular flexibility index (Phi) is 4.26. The quantitative estimate of drug-likeness (QED) is 0.866. The molecule has 0 spiro atoms. The van der Waals surface area contributed by atoms with Crippen molar-refractivity contribution in [2.24, 2.45) is 0 Å². The zero-order valence-corrected chi connectivity index (χ0v) is 12.8. The first-order valence-electron chi connectivity index (χ1n) is 5.52. The summed E-state index contributed by atoms with van der Waals surface area (Å²) in [5.41, 5.74) is 2.02. The number of hydrogen-bond donors (Lipinski definition) is 1. The monoisotopic (exact) mass is 341 g/mol. The van der Waals surface area contributed by atoms with Crippen LogP contribution in [0.1, 0.15) is 11.4 Å². The van der Waals surface area contributed by atoms with E-state index in [4.69, 9.17) is 5.11 Å². The lowest BCUT2D eigenvalue weighted by Crippen LogP contribution is -2.04. The number of carbonyl (C=O) groups is 1. The maximum atomic E-state index is 10.7. The van der Waals surface area contributed by atoms with Crippen molar-refractivity contribution in [2.75, 3.05) is 5.75 Å². The van der Waals surface area contributed by atoms with Crippen LogP contribution in [0.4, 0.5) is 0 Å². The molecule has 0 fully saturated rings. The van der Waals surface area contributed by atoms with Gasteiger partial charge in [0.2, 0.25) is 0 Å². The molecular weight excluding hydrogens is 330 g/mol. The number of thioether (sulfide) groups is 1. The molecule has 5 nitrogen and oxygen atoms in total. The van der Waals surface area contributed by atoms with E-state index >= 15 is 0 Å². The van der Waals surface area contributed by atoms with Gasteiger partial charge in [-0.2, -0.15) is 0 Å². The smallest absolute Gasteiger partial charge is 0.313 e. The van der Waals surface area contributed by atoms with E-state index in [0.717, 1.165) is 33.3 Å². The van der Waals surface area contributed by atoms with Crippen molar-refractivity contribution >= 4 is 33.7 Å². The van der Waals surface area contributed by atoms with Gasteiger partial charge in [0.25, 0.3) is 0 Å². The van der Waals surface area contributed by atoms with Crippen LogP contribution in [0.3, 0.4) is 0 Å². The van der Waals surface area contributed by atoms with Crippen LogP contribution in [0.5, 0.6) is 0 Å². The van der Waals surface area contributed by atoms with E-state index in [9.17, 15) is 4.79 Å². The van der Waals surface area contributed by atoms with Crippen LogP contribution >= 0.6 is 27.7 Å². The second-order valence-electron chi connectivity index (χ2n) is 4.00. The van der Waals surface area contributed by atoms with Crippen LogP contribution < -0.4 is 0 Å². The number of benzene rings is 1. The molecular formula is C12H12BrN3O2S. The number of carboxylic acid groups (broad SMARTS) is 1. The van der Waals surface area contributed by atoms with Crippen LogP contribution in [0.2, 0.25) is 0 Å². The predicted molar refractivity (Wildman–Crippen MR) is 76.9 cm³/mol. The number of halogens is 1. The summed E-state index contributed by atoms with van der Waals surface area (Å²) < 4.78 is 2.77. The molecule has 0 saturated carbocycles. The van der Waals surface area contributed by atoms with Crippen molar-refractivity contribution in [1.29, 1.82) is 0 Å². The Bertz CT molecular complexity index is 627. The minimum absolute atomic E-state index is 0.0401. The molecule has 0 bridgehead atoms. The zero-order chi connectivity index (χ0) is 14.0. The Morgan fingerprint density at radius 3 is 2.84 bits per heavy atom. The number of nitrogens with zero attached hydrogens (tertiary/aromatic N) is 3. The highest BCUT2D eigenvalue weighted by atomic mass is 79.9. The van der Waals surface area contributed by atoms with Crippen LogP contribution in [-0.4, -0.2) is 31.6 Å². The molecule has 2 rings (SSSR count). The van der Waals surface area contributed by atoms with Gasteiger partial charge < -0.3 is 5.11 Å². The molecule has 0 saturated heterocycles. The molecule has 0 unspecified atom stereocenters. The van der Waals surface area contributed by atoms with Crippen molar-refractivity contribution in [3.8, 4) is 5.69 Å². The highest BCUT2D eigenvalue weighted by molar-refractivity contribution is 9.10. The van der Waals surface area contributed by atoms with Gasteiger partial charge in [-0.3, -0.25) is 9.36 Å². The van der Waals surface area contributed by atoms with E-state index in [1.54, 1.807) is 0 Å². The maximum Gasteiger partial charge on any atom is 0.313 e. The van der Waals surface area contributed by atoms with Gasteiger partial charge in [-0.1, -0.05) is 17.8 Å². The van der Waals surface area contributed by atoms with E-state index in [-0.39, 0.29) is 5.75 Å². The Morgan fingerprint density at radius 1 is 1.42 bits per heavy atom. The highest BCUT2D eigenvalue weighted by Gasteiger charge is 2.15. The lowest BCUT2D eigenvalue weighted by Gasteiger charge is -2.10. The number of aliphatic carboxylic acids is 1. The van der Waals surface area contributed by atoms with Gasteiger partial charge in [-0.05, 0) is 47.5 Å². The molecule has 0 aliphatic rings. The Labute approximate surface area is 123 Å². The minimum atomic E-state index is -0.875. The molecule has 0 aliphatic heterocycles.